The Morgan fingerprint density at radius 2 is 2.08 bits per heavy atom. The molecule has 0 atom stereocenters. The van der Waals surface area contributed by atoms with Crippen LogP contribution in [0.1, 0.15) is 15.9 Å². The van der Waals surface area contributed by atoms with E-state index >= 15 is 0 Å². The molecule has 1 aromatic heterocycles. The van der Waals surface area contributed by atoms with Gasteiger partial charge < -0.3 is 9.88 Å². The Bertz CT molecular complexity index is 891. The van der Waals surface area contributed by atoms with Crippen LogP contribution >= 0.6 is 11.8 Å². The van der Waals surface area contributed by atoms with Crippen LogP contribution in [-0.4, -0.2) is 15.5 Å². The molecule has 0 saturated heterocycles. The lowest BCUT2D eigenvalue weighted by Gasteiger charge is -2.10. The fraction of sp³-hybridized carbons (Fsp3) is 0.111. The van der Waals surface area contributed by atoms with Gasteiger partial charge in [-0.25, -0.2) is 9.37 Å². The second-order valence-electron chi connectivity index (χ2n) is 5.36. The highest BCUT2D eigenvalue weighted by Gasteiger charge is 2.10. The van der Waals surface area contributed by atoms with E-state index < -0.39 is 5.82 Å². The summed E-state index contributed by atoms with van der Waals surface area (Å²) in [5.74, 6) is -0.761. The molecule has 0 aliphatic carbocycles. The van der Waals surface area contributed by atoms with Crippen molar-refractivity contribution in [3.8, 4) is 0 Å². The van der Waals surface area contributed by atoms with Gasteiger partial charge in [-0.2, -0.15) is 0 Å². The van der Waals surface area contributed by atoms with Gasteiger partial charge in [0, 0.05) is 35.6 Å². The lowest BCUT2D eigenvalue weighted by molar-refractivity contribution is 0.102. The normalized spacial score (nSPS) is 10.6. The highest BCUT2D eigenvalue weighted by molar-refractivity contribution is 7.99. The van der Waals surface area contributed by atoms with Crippen LogP contribution in [0.5, 0.6) is 0 Å². The van der Waals surface area contributed by atoms with E-state index in [9.17, 15) is 9.18 Å². The van der Waals surface area contributed by atoms with Gasteiger partial charge in [-0.15, -0.1) is 0 Å². The third kappa shape index (κ3) is 3.65. The molecule has 0 saturated carbocycles. The van der Waals surface area contributed by atoms with Gasteiger partial charge in [0.15, 0.2) is 5.16 Å². The predicted octanol–water partition coefficient (Wildman–Crippen LogP) is 4.27. The Hall–Kier alpha value is -2.60. The smallest absolute Gasteiger partial charge is 0.255 e. The number of carbonyl (C=O) groups excluding carboxylic acids is 1. The maximum atomic E-state index is 13.2. The molecule has 3 rings (SSSR count). The van der Waals surface area contributed by atoms with Gasteiger partial charge >= 0.3 is 0 Å². The zero-order valence-corrected chi connectivity index (χ0v) is 14.1. The quantitative estimate of drug-likeness (QED) is 0.771. The van der Waals surface area contributed by atoms with Gasteiger partial charge in [0.1, 0.15) is 5.82 Å². The number of carbonyl (C=O) groups is 1. The Balaban J connectivity index is 1.75. The summed E-state index contributed by atoms with van der Waals surface area (Å²) >= 11 is 1.55. The van der Waals surface area contributed by atoms with Crippen molar-refractivity contribution >= 4 is 23.4 Å². The van der Waals surface area contributed by atoms with Crippen molar-refractivity contribution in [2.45, 2.75) is 17.0 Å². The molecule has 2 aromatic carbocycles. The summed E-state index contributed by atoms with van der Waals surface area (Å²) < 4.78 is 15.2. The van der Waals surface area contributed by atoms with Crippen LogP contribution in [0.4, 0.5) is 10.1 Å². The van der Waals surface area contributed by atoms with Crippen molar-refractivity contribution in [1.29, 1.82) is 0 Å². The lowest BCUT2D eigenvalue weighted by atomic mass is 10.1. The Morgan fingerprint density at radius 3 is 2.75 bits per heavy atom. The van der Waals surface area contributed by atoms with Crippen molar-refractivity contribution < 1.29 is 9.18 Å². The maximum Gasteiger partial charge on any atom is 0.255 e. The number of nitrogens with zero attached hydrogens (tertiary/aromatic N) is 2. The summed E-state index contributed by atoms with van der Waals surface area (Å²) in [5.41, 5.74) is 1.92. The van der Waals surface area contributed by atoms with Crippen molar-refractivity contribution in [1.82, 2.24) is 9.55 Å². The first-order valence-electron chi connectivity index (χ1n) is 7.35. The minimum absolute atomic E-state index is 0.292. The van der Waals surface area contributed by atoms with Gasteiger partial charge in [0.05, 0.1) is 0 Å². The molecule has 24 heavy (non-hydrogen) atoms. The molecule has 1 heterocycles. The number of nitrogens with one attached hydrogen (secondary N) is 1. The van der Waals surface area contributed by atoms with Gasteiger partial charge in [0.2, 0.25) is 0 Å². The minimum Gasteiger partial charge on any atom is -0.329 e. The summed E-state index contributed by atoms with van der Waals surface area (Å²) in [6, 6.07) is 11.4. The topological polar surface area (TPSA) is 46.9 Å². The number of rotatable bonds is 4. The molecule has 122 valence electrons. The number of aromatic nitrogens is 2. The highest BCUT2D eigenvalue weighted by atomic mass is 32.2. The number of imidazole rings is 1. The maximum absolute atomic E-state index is 13.2. The lowest BCUT2D eigenvalue weighted by Crippen LogP contribution is -2.12. The predicted molar refractivity (Wildman–Crippen MR) is 92.9 cm³/mol. The number of amides is 1. The minimum atomic E-state index is -0.429. The molecule has 0 fully saturated rings. The van der Waals surface area contributed by atoms with Crippen molar-refractivity contribution in [2.75, 3.05) is 5.32 Å². The van der Waals surface area contributed by atoms with Gasteiger partial charge in [-0.05, 0) is 48.9 Å². The number of anilines is 1. The molecule has 0 spiro atoms. The van der Waals surface area contributed by atoms with Gasteiger partial charge in [0.25, 0.3) is 5.91 Å². The number of aryl methyl sites for hydroxylation is 2. The molecule has 4 nitrogen and oxygen atoms in total. The Morgan fingerprint density at radius 1 is 1.25 bits per heavy atom. The summed E-state index contributed by atoms with van der Waals surface area (Å²) in [6.45, 7) is 1.92. The molecule has 3 aromatic rings. The van der Waals surface area contributed by atoms with Crippen LogP contribution < -0.4 is 5.32 Å². The third-order valence-corrected chi connectivity index (χ3v) is 4.58. The van der Waals surface area contributed by atoms with Crippen LogP contribution in [0.3, 0.4) is 0 Å². The molecule has 0 radical (unpaired) electrons. The van der Waals surface area contributed by atoms with E-state index in [0.717, 1.165) is 15.6 Å². The monoisotopic (exact) mass is 341 g/mol. The first kappa shape index (κ1) is 16.3. The third-order valence-electron chi connectivity index (χ3n) is 3.52. The average molecular weight is 341 g/mol. The highest BCUT2D eigenvalue weighted by Crippen LogP contribution is 2.29. The summed E-state index contributed by atoms with van der Waals surface area (Å²) in [7, 11) is 1.94. The van der Waals surface area contributed by atoms with E-state index in [1.807, 2.05) is 42.9 Å². The van der Waals surface area contributed by atoms with E-state index in [2.05, 4.69) is 10.3 Å². The van der Waals surface area contributed by atoms with Crippen LogP contribution in [-0.2, 0) is 7.05 Å². The van der Waals surface area contributed by atoms with Crippen molar-refractivity contribution in [3.63, 3.8) is 0 Å². The van der Waals surface area contributed by atoms with E-state index in [1.165, 1.54) is 18.2 Å². The first-order valence-corrected chi connectivity index (χ1v) is 8.17. The molecule has 0 aliphatic rings. The van der Waals surface area contributed by atoms with E-state index in [-0.39, 0.29) is 5.91 Å². The molecule has 1 N–H and O–H groups in total. The molecule has 0 unspecified atom stereocenters. The fourth-order valence-electron chi connectivity index (χ4n) is 2.22. The van der Waals surface area contributed by atoms with E-state index in [4.69, 9.17) is 0 Å². The van der Waals surface area contributed by atoms with Crippen LogP contribution in [0.25, 0.3) is 0 Å². The van der Waals surface area contributed by atoms with E-state index in [0.29, 0.717) is 11.3 Å². The molecule has 1 amide bonds. The van der Waals surface area contributed by atoms with Gasteiger partial charge in [-0.3, -0.25) is 4.79 Å². The molecule has 0 aliphatic heterocycles. The Labute approximate surface area is 143 Å². The Kier molecular flexibility index (Phi) is 4.66. The molecule has 6 heteroatoms. The van der Waals surface area contributed by atoms with Crippen LogP contribution in [0.2, 0.25) is 0 Å². The number of halogens is 1. The fourth-order valence-corrected chi connectivity index (χ4v) is 3.12. The van der Waals surface area contributed by atoms with Crippen LogP contribution in [0.15, 0.2) is 64.9 Å². The second kappa shape index (κ2) is 6.88. The first-order chi connectivity index (χ1) is 11.5. The van der Waals surface area contributed by atoms with Crippen molar-refractivity contribution in [3.05, 3.63) is 71.8 Å². The molecular formula is C18H16FN3OS. The zero-order valence-electron chi connectivity index (χ0n) is 13.3. The van der Waals surface area contributed by atoms with Crippen molar-refractivity contribution in [2.24, 2.45) is 7.05 Å². The summed E-state index contributed by atoms with van der Waals surface area (Å²) in [4.78, 5) is 17.5. The zero-order chi connectivity index (χ0) is 17.1. The molecule has 0 bridgehead atoms. The SMILES string of the molecule is Cc1cc(Sc2nccn2C)ccc1NC(=O)c1cccc(F)c1. The molecular weight excluding hydrogens is 325 g/mol. The number of benzene rings is 2. The summed E-state index contributed by atoms with van der Waals surface area (Å²) in [6.07, 6.45) is 3.64. The second-order valence-corrected chi connectivity index (χ2v) is 6.40. The number of hydrogen-bond acceptors (Lipinski definition) is 3. The van der Waals surface area contributed by atoms with Crippen LogP contribution in [0, 0.1) is 12.7 Å². The standard InChI is InChI=1S/C18H16FN3OS/c1-12-10-15(24-18-20-8-9-22(18)2)6-7-16(12)21-17(23)13-4-3-5-14(19)11-13/h3-11H,1-2H3,(H,21,23). The number of hydrogen-bond donors (Lipinski definition) is 1. The van der Waals surface area contributed by atoms with E-state index in [1.54, 1.807) is 24.0 Å². The summed E-state index contributed by atoms with van der Waals surface area (Å²) in [5, 5.41) is 3.71. The average Bonchev–Trinajstić information content (AvgIpc) is 2.95. The van der Waals surface area contributed by atoms with Gasteiger partial charge in [-0.1, -0.05) is 17.8 Å². The largest absolute Gasteiger partial charge is 0.329 e.